The van der Waals surface area contributed by atoms with Crippen LogP contribution in [0.25, 0.3) is 32.4 Å². The second-order valence-electron chi connectivity index (χ2n) is 9.78. The van der Waals surface area contributed by atoms with Gasteiger partial charge in [-0.15, -0.1) is 0 Å². The van der Waals surface area contributed by atoms with Crippen molar-refractivity contribution >= 4 is 54.6 Å². The third-order valence-corrected chi connectivity index (χ3v) is 7.62. The molecular weight excluding hydrogens is 562 g/mol. The molecule has 0 unspecified atom stereocenters. The quantitative estimate of drug-likeness (QED) is 0.168. The molecule has 0 saturated heterocycles. The van der Waals surface area contributed by atoms with Crippen LogP contribution in [0.3, 0.4) is 0 Å². The van der Waals surface area contributed by atoms with E-state index in [1.807, 2.05) is 42.5 Å². The Morgan fingerprint density at radius 2 is 1.62 bits per heavy atom. The first-order valence-corrected chi connectivity index (χ1v) is 14.3. The first-order chi connectivity index (χ1) is 19.6. The van der Waals surface area contributed by atoms with Gasteiger partial charge in [-0.25, -0.2) is 4.98 Å². The number of nitrogens with zero attached hydrogens (tertiary/aromatic N) is 3. The summed E-state index contributed by atoms with van der Waals surface area (Å²) in [5, 5.41) is 9.69. The average molecular weight is 591 g/mol. The molecule has 5 aromatic carbocycles. The lowest BCUT2D eigenvalue weighted by molar-refractivity contribution is 0.307. The molecule has 0 amide bonds. The summed E-state index contributed by atoms with van der Waals surface area (Å²) in [7, 11) is 0. The summed E-state index contributed by atoms with van der Waals surface area (Å²) >= 11 is 3.48. The van der Waals surface area contributed by atoms with Crippen LogP contribution in [-0.4, -0.2) is 15.9 Å². The maximum absolute atomic E-state index is 13.6. The fourth-order valence-electron chi connectivity index (χ4n) is 5.03. The van der Waals surface area contributed by atoms with E-state index < -0.39 is 0 Å². The van der Waals surface area contributed by atoms with Crippen LogP contribution in [0.1, 0.15) is 36.7 Å². The molecule has 1 heterocycles. The Labute approximate surface area is 240 Å². The molecular formula is C34H28BrN3O2. The van der Waals surface area contributed by atoms with Crippen LogP contribution in [-0.2, 0) is 13.0 Å². The van der Waals surface area contributed by atoms with Gasteiger partial charge >= 0.3 is 0 Å². The van der Waals surface area contributed by atoms with Crippen LogP contribution < -0.4 is 10.3 Å². The molecule has 5 nitrogen and oxygen atoms in total. The van der Waals surface area contributed by atoms with Gasteiger partial charge in [0.2, 0.25) is 0 Å². The minimum Gasteiger partial charge on any atom is -0.488 e. The van der Waals surface area contributed by atoms with Crippen molar-refractivity contribution < 1.29 is 4.74 Å². The van der Waals surface area contributed by atoms with Gasteiger partial charge in [-0.1, -0.05) is 102 Å². The van der Waals surface area contributed by atoms with Crippen molar-refractivity contribution in [1.82, 2.24) is 9.66 Å². The van der Waals surface area contributed by atoms with E-state index in [9.17, 15) is 4.79 Å². The molecule has 6 heteroatoms. The number of halogens is 1. The number of rotatable bonds is 8. The van der Waals surface area contributed by atoms with Crippen molar-refractivity contribution in [1.29, 1.82) is 0 Å². The van der Waals surface area contributed by atoms with Crippen molar-refractivity contribution in [2.24, 2.45) is 5.10 Å². The summed E-state index contributed by atoms with van der Waals surface area (Å²) in [4.78, 5) is 18.4. The van der Waals surface area contributed by atoms with Gasteiger partial charge < -0.3 is 4.74 Å². The van der Waals surface area contributed by atoms with Gasteiger partial charge in [0.05, 0.1) is 17.1 Å². The largest absolute Gasteiger partial charge is 0.488 e. The van der Waals surface area contributed by atoms with Crippen LogP contribution in [0.5, 0.6) is 5.75 Å². The monoisotopic (exact) mass is 589 g/mol. The molecule has 0 N–H and O–H groups in total. The number of unbranched alkanes of at least 4 members (excludes halogenated alkanes) is 1. The topological polar surface area (TPSA) is 56.5 Å². The zero-order valence-electron chi connectivity index (χ0n) is 22.2. The van der Waals surface area contributed by atoms with Crippen LogP contribution >= 0.6 is 15.9 Å². The highest BCUT2D eigenvalue weighted by molar-refractivity contribution is 9.10. The maximum Gasteiger partial charge on any atom is 0.282 e. The smallest absolute Gasteiger partial charge is 0.282 e. The summed E-state index contributed by atoms with van der Waals surface area (Å²) in [5.74, 6) is 1.35. The second kappa shape index (κ2) is 11.4. The van der Waals surface area contributed by atoms with Gasteiger partial charge in [0, 0.05) is 16.5 Å². The Morgan fingerprint density at radius 1 is 0.875 bits per heavy atom. The molecule has 1 aromatic heterocycles. The highest BCUT2D eigenvalue weighted by atomic mass is 79.9. The summed E-state index contributed by atoms with van der Waals surface area (Å²) in [6.07, 6.45) is 4.31. The molecule has 0 bridgehead atoms. The second-order valence-corrected chi connectivity index (χ2v) is 10.7. The van der Waals surface area contributed by atoms with Crippen LogP contribution in [0.2, 0.25) is 0 Å². The molecule has 0 aliphatic carbocycles. The van der Waals surface area contributed by atoms with E-state index in [0.717, 1.165) is 39.2 Å². The third-order valence-electron chi connectivity index (χ3n) is 7.13. The van der Waals surface area contributed by atoms with E-state index in [2.05, 4.69) is 71.4 Å². The molecule has 0 atom stereocenters. The third kappa shape index (κ3) is 5.15. The van der Waals surface area contributed by atoms with Gasteiger partial charge in [0.15, 0.2) is 0 Å². The lowest BCUT2D eigenvalue weighted by atomic mass is 10.0. The summed E-state index contributed by atoms with van der Waals surface area (Å²) in [6.45, 7) is 2.54. The number of aryl methyl sites for hydroxylation is 1. The Hall–Kier alpha value is -4.29. The van der Waals surface area contributed by atoms with Crippen molar-refractivity contribution in [3.05, 3.63) is 129 Å². The SMILES string of the molecule is CCCCc1nc2ccc(Br)cc2c(=O)n1N=Cc1c(OCc2cccc3ccccc23)ccc2ccccc12. The first-order valence-electron chi connectivity index (χ1n) is 13.5. The number of fused-ring (bicyclic) bond motifs is 3. The molecule has 0 aliphatic rings. The highest BCUT2D eigenvalue weighted by Crippen LogP contribution is 2.29. The fourth-order valence-corrected chi connectivity index (χ4v) is 5.40. The van der Waals surface area contributed by atoms with E-state index in [1.165, 1.54) is 15.4 Å². The van der Waals surface area contributed by atoms with Crippen LogP contribution in [0.15, 0.2) is 111 Å². The standard InChI is InChI=1S/C34H28BrN3O2/c1-2-3-15-33-37-31-18-17-26(35)20-29(31)34(39)38(33)36-21-30-28-14-7-5-10-24(28)16-19-32(30)40-22-25-12-8-11-23-9-4-6-13-27(23)25/h4-14,16-21H,2-3,15,22H2,1H3. The Bertz CT molecular complexity index is 1940. The molecule has 6 aromatic rings. The van der Waals surface area contributed by atoms with E-state index in [4.69, 9.17) is 14.8 Å². The molecule has 0 saturated carbocycles. The number of ether oxygens (including phenoxy) is 1. The number of benzene rings is 5. The maximum atomic E-state index is 13.6. The summed E-state index contributed by atoms with van der Waals surface area (Å²) in [6, 6.07) is 32.3. The van der Waals surface area contributed by atoms with Gasteiger partial charge in [0.1, 0.15) is 18.2 Å². The number of hydrogen-bond donors (Lipinski definition) is 0. The molecule has 0 spiro atoms. The summed E-state index contributed by atoms with van der Waals surface area (Å²) < 4.78 is 8.71. The van der Waals surface area contributed by atoms with E-state index in [-0.39, 0.29) is 5.56 Å². The lowest BCUT2D eigenvalue weighted by Crippen LogP contribution is -2.22. The van der Waals surface area contributed by atoms with Crippen LogP contribution in [0.4, 0.5) is 0 Å². The molecule has 40 heavy (non-hydrogen) atoms. The minimum atomic E-state index is -0.188. The van der Waals surface area contributed by atoms with E-state index >= 15 is 0 Å². The minimum absolute atomic E-state index is 0.188. The van der Waals surface area contributed by atoms with Gasteiger partial charge in [-0.05, 0) is 57.8 Å². The number of hydrogen-bond acceptors (Lipinski definition) is 4. The van der Waals surface area contributed by atoms with E-state index in [1.54, 1.807) is 12.3 Å². The highest BCUT2D eigenvalue weighted by Gasteiger charge is 2.13. The number of aromatic nitrogens is 2. The predicted molar refractivity (Wildman–Crippen MR) is 168 cm³/mol. The molecule has 198 valence electrons. The van der Waals surface area contributed by atoms with Crippen LogP contribution in [0, 0.1) is 0 Å². The van der Waals surface area contributed by atoms with Gasteiger partial charge in [-0.2, -0.15) is 9.78 Å². The molecule has 0 radical (unpaired) electrons. The van der Waals surface area contributed by atoms with Crippen molar-refractivity contribution in [3.63, 3.8) is 0 Å². The first kappa shape index (κ1) is 26.0. The van der Waals surface area contributed by atoms with Crippen molar-refractivity contribution in [2.75, 3.05) is 0 Å². The fraction of sp³-hybridized carbons (Fsp3) is 0.147. The van der Waals surface area contributed by atoms with Gasteiger partial charge in [-0.3, -0.25) is 4.79 Å². The van der Waals surface area contributed by atoms with E-state index in [0.29, 0.717) is 35.5 Å². The molecule has 6 rings (SSSR count). The Morgan fingerprint density at radius 3 is 2.45 bits per heavy atom. The average Bonchev–Trinajstić information content (AvgIpc) is 2.99. The zero-order valence-corrected chi connectivity index (χ0v) is 23.8. The normalized spacial score (nSPS) is 11.7. The summed E-state index contributed by atoms with van der Waals surface area (Å²) in [5.41, 5.74) is 2.42. The molecule has 0 fully saturated rings. The Balaban J connectivity index is 1.44. The Kier molecular flexibility index (Phi) is 7.43. The zero-order chi connectivity index (χ0) is 27.5. The predicted octanol–water partition coefficient (Wildman–Crippen LogP) is 8.27. The van der Waals surface area contributed by atoms with Crippen molar-refractivity contribution in [2.45, 2.75) is 32.8 Å². The lowest BCUT2D eigenvalue weighted by Gasteiger charge is -2.14. The van der Waals surface area contributed by atoms with Crippen molar-refractivity contribution in [3.8, 4) is 5.75 Å². The van der Waals surface area contributed by atoms with Gasteiger partial charge in [0.25, 0.3) is 5.56 Å². The molecule has 0 aliphatic heterocycles.